The first-order valence-corrected chi connectivity index (χ1v) is 10.3. The molecular weight excluding hydrogens is 324 g/mol. The Bertz CT molecular complexity index is 546. The lowest BCUT2D eigenvalue weighted by Gasteiger charge is -2.38. The fraction of sp³-hybridized carbons (Fsp3) is 0.643. The molecule has 0 N–H and O–H groups in total. The zero-order chi connectivity index (χ0) is 17.1. The Kier molecular flexibility index (Phi) is 5.94. The molecular formula is C14H23ClN2O4Si. The summed E-state index contributed by atoms with van der Waals surface area (Å²) in [5, 5.41) is 10.9. The Labute approximate surface area is 137 Å². The van der Waals surface area contributed by atoms with Crippen molar-refractivity contribution in [3.05, 3.63) is 27.4 Å². The molecule has 0 aliphatic rings. The van der Waals surface area contributed by atoms with Gasteiger partial charge in [0.15, 0.2) is 8.32 Å². The van der Waals surface area contributed by atoms with Crippen LogP contribution in [0.4, 0.5) is 5.69 Å². The number of hydrogen-bond acceptors (Lipinski definition) is 5. The molecule has 0 aliphatic heterocycles. The van der Waals surface area contributed by atoms with Crippen molar-refractivity contribution in [3.63, 3.8) is 0 Å². The van der Waals surface area contributed by atoms with E-state index < -0.39 is 13.2 Å². The lowest BCUT2D eigenvalue weighted by atomic mass is 10.2. The predicted octanol–water partition coefficient (Wildman–Crippen LogP) is 4.43. The van der Waals surface area contributed by atoms with Crippen molar-refractivity contribution in [2.75, 3.05) is 6.61 Å². The number of halogens is 1. The number of nitrogens with zero attached hydrogens (tertiary/aromatic N) is 2. The molecule has 0 aliphatic carbocycles. The molecule has 1 aromatic rings. The third-order valence-corrected chi connectivity index (χ3v) is 8.64. The summed E-state index contributed by atoms with van der Waals surface area (Å²) in [6.45, 7) is 13.1. The van der Waals surface area contributed by atoms with Crippen LogP contribution >= 0.6 is 11.6 Å². The van der Waals surface area contributed by atoms with Gasteiger partial charge in [-0.2, -0.15) is 0 Å². The van der Waals surface area contributed by atoms with Crippen LogP contribution in [-0.2, 0) is 4.43 Å². The summed E-state index contributed by atoms with van der Waals surface area (Å²) in [6.07, 6.45) is 1.01. The number of pyridine rings is 1. The molecule has 0 saturated heterocycles. The van der Waals surface area contributed by atoms with Crippen LogP contribution in [0.3, 0.4) is 0 Å². The van der Waals surface area contributed by atoms with E-state index in [0.717, 1.165) is 6.20 Å². The van der Waals surface area contributed by atoms with Gasteiger partial charge in [0.05, 0.1) is 11.0 Å². The van der Waals surface area contributed by atoms with Gasteiger partial charge in [-0.25, -0.2) is 4.98 Å². The third kappa shape index (κ3) is 4.93. The minimum Gasteiger partial charge on any atom is -0.474 e. The zero-order valence-corrected chi connectivity index (χ0v) is 15.6. The SMILES string of the molecule is C[C@H](COc1ncc([N+](=O)[O-])cc1Cl)O[Si](C)(C)C(C)(C)C. The van der Waals surface area contributed by atoms with Gasteiger partial charge in [0, 0.05) is 6.07 Å². The van der Waals surface area contributed by atoms with Crippen molar-refractivity contribution < 1.29 is 14.1 Å². The molecule has 22 heavy (non-hydrogen) atoms. The van der Waals surface area contributed by atoms with Crippen LogP contribution in [0.1, 0.15) is 27.7 Å². The molecule has 124 valence electrons. The maximum Gasteiger partial charge on any atom is 0.289 e. The fourth-order valence-electron chi connectivity index (χ4n) is 1.53. The molecule has 0 aromatic carbocycles. The van der Waals surface area contributed by atoms with Crippen LogP contribution in [0.25, 0.3) is 0 Å². The first-order chi connectivity index (χ1) is 9.94. The van der Waals surface area contributed by atoms with Gasteiger partial charge in [-0.15, -0.1) is 0 Å². The van der Waals surface area contributed by atoms with Crippen LogP contribution in [0.2, 0.25) is 23.2 Å². The van der Waals surface area contributed by atoms with Crippen molar-refractivity contribution in [1.29, 1.82) is 0 Å². The topological polar surface area (TPSA) is 74.5 Å². The summed E-state index contributed by atoms with van der Waals surface area (Å²) in [5.41, 5.74) is -0.164. The number of hydrogen-bond donors (Lipinski definition) is 0. The van der Waals surface area contributed by atoms with E-state index in [9.17, 15) is 10.1 Å². The summed E-state index contributed by atoms with van der Waals surface area (Å²) in [5.74, 6) is 0.179. The average Bonchev–Trinajstić information content (AvgIpc) is 2.35. The molecule has 6 nitrogen and oxygen atoms in total. The average molecular weight is 347 g/mol. The first kappa shape index (κ1) is 18.9. The van der Waals surface area contributed by atoms with Crippen LogP contribution in [-0.4, -0.2) is 30.9 Å². The third-order valence-electron chi connectivity index (χ3n) is 3.76. The van der Waals surface area contributed by atoms with Crippen molar-refractivity contribution in [2.24, 2.45) is 0 Å². The highest BCUT2D eigenvalue weighted by atomic mass is 35.5. The van der Waals surface area contributed by atoms with E-state index in [1.165, 1.54) is 6.07 Å². The number of aromatic nitrogens is 1. The van der Waals surface area contributed by atoms with Crippen molar-refractivity contribution >= 4 is 25.6 Å². The van der Waals surface area contributed by atoms with Gasteiger partial charge in [0.2, 0.25) is 5.88 Å². The van der Waals surface area contributed by atoms with E-state index in [1.54, 1.807) is 0 Å². The molecule has 0 radical (unpaired) electrons. The minimum absolute atomic E-state index is 0.116. The van der Waals surface area contributed by atoms with Crippen molar-refractivity contribution in [1.82, 2.24) is 4.98 Å². The van der Waals surface area contributed by atoms with Gasteiger partial charge in [-0.05, 0) is 25.1 Å². The highest BCUT2D eigenvalue weighted by Crippen LogP contribution is 2.37. The molecule has 1 heterocycles. The molecule has 8 heteroatoms. The number of ether oxygens (including phenoxy) is 1. The summed E-state index contributed by atoms with van der Waals surface area (Å²) >= 11 is 5.94. The van der Waals surface area contributed by atoms with Crippen LogP contribution < -0.4 is 4.74 Å². The molecule has 1 atom stereocenters. The number of nitro groups is 1. The van der Waals surface area contributed by atoms with E-state index >= 15 is 0 Å². The highest BCUT2D eigenvalue weighted by Gasteiger charge is 2.38. The van der Waals surface area contributed by atoms with Crippen LogP contribution in [0.15, 0.2) is 12.3 Å². The molecule has 0 unspecified atom stereocenters. The molecule has 0 bridgehead atoms. The Morgan fingerprint density at radius 3 is 2.50 bits per heavy atom. The second kappa shape index (κ2) is 6.93. The van der Waals surface area contributed by atoms with E-state index in [1.807, 2.05) is 6.92 Å². The Balaban J connectivity index is 2.65. The van der Waals surface area contributed by atoms with Crippen molar-refractivity contribution in [3.8, 4) is 5.88 Å². The lowest BCUT2D eigenvalue weighted by Crippen LogP contribution is -2.44. The first-order valence-electron chi connectivity index (χ1n) is 7.04. The van der Waals surface area contributed by atoms with E-state index in [0.29, 0.717) is 0 Å². The quantitative estimate of drug-likeness (QED) is 0.432. The molecule has 0 fully saturated rings. The molecule has 1 rings (SSSR count). The van der Waals surface area contributed by atoms with E-state index in [-0.39, 0.29) is 34.3 Å². The minimum atomic E-state index is -1.87. The molecule has 1 aromatic heterocycles. The van der Waals surface area contributed by atoms with Crippen molar-refractivity contribution in [2.45, 2.75) is 51.9 Å². The van der Waals surface area contributed by atoms with E-state index in [4.69, 9.17) is 20.8 Å². The molecule has 0 spiro atoms. The Morgan fingerprint density at radius 2 is 2.05 bits per heavy atom. The molecule has 0 amide bonds. The zero-order valence-electron chi connectivity index (χ0n) is 13.8. The smallest absolute Gasteiger partial charge is 0.289 e. The Hall–Kier alpha value is -1.18. The predicted molar refractivity (Wildman–Crippen MR) is 89.1 cm³/mol. The normalized spacial score (nSPS) is 13.8. The largest absolute Gasteiger partial charge is 0.474 e. The van der Waals surface area contributed by atoms with Gasteiger partial charge >= 0.3 is 0 Å². The van der Waals surface area contributed by atoms with Gasteiger partial charge < -0.3 is 9.16 Å². The van der Waals surface area contributed by atoms with Gasteiger partial charge in [0.25, 0.3) is 5.69 Å². The second-order valence-corrected chi connectivity index (χ2v) is 11.9. The summed E-state index contributed by atoms with van der Waals surface area (Å²) in [7, 11) is -1.87. The standard InChI is InChI=1S/C14H23ClN2O4Si/c1-10(21-22(5,6)14(2,3)4)9-20-13-12(15)7-11(8-16-13)17(18)19/h7-8,10H,9H2,1-6H3/t10-/m1/s1. The van der Waals surface area contributed by atoms with Gasteiger partial charge in [0.1, 0.15) is 17.8 Å². The maximum atomic E-state index is 10.6. The van der Waals surface area contributed by atoms with Crippen LogP contribution in [0, 0.1) is 10.1 Å². The summed E-state index contributed by atoms with van der Waals surface area (Å²) in [6, 6.07) is 1.23. The maximum absolute atomic E-state index is 10.6. The highest BCUT2D eigenvalue weighted by molar-refractivity contribution is 6.74. The van der Waals surface area contributed by atoms with Gasteiger partial charge in [-0.1, -0.05) is 32.4 Å². The second-order valence-electron chi connectivity index (χ2n) is 6.74. The Morgan fingerprint density at radius 1 is 1.45 bits per heavy atom. The van der Waals surface area contributed by atoms with Gasteiger partial charge in [-0.3, -0.25) is 10.1 Å². The summed E-state index contributed by atoms with van der Waals surface area (Å²) in [4.78, 5) is 14.0. The van der Waals surface area contributed by atoms with Crippen LogP contribution in [0.5, 0.6) is 5.88 Å². The number of rotatable bonds is 6. The monoisotopic (exact) mass is 346 g/mol. The summed E-state index contributed by atoms with van der Waals surface area (Å²) < 4.78 is 11.7. The molecule has 0 saturated carbocycles. The van der Waals surface area contributed by atoms with E-state index in [2.05, 4.69) is 38.8 Å². The fourth-order valence-corrected chi connectivity index (χ4v) is 3.17. The lowest BCUT2D eigenvalue weighted by molar-refractivity contribution is -0.385.